The van der Waals surface area contributed by atoms with Gasteiger partial charge >= 0.3 is 0 Å². The molecule has 0 atom stereocenters. The van der Waals surface area contributed by atoms with Gasteiger partial charge in [0, 0.05) is 19.6 Å². The number of nitrogen functional groups attached to an aromatic ring is 1. The molecule has 1 fully saturated rings. The molecule has 1 saturated heterocycles. The first kappa shape index (κ1) is 13.8. The summed E-state index contributed by atoms with van der Waals surface area (Å²) in [6.07, 6.45) is 2.58. The van der Waals surface area contributed by atoms with Crippen molar-refractivity contribution in [3.63, 3.8) is 0 Å². The summed E-state index contributed by atoms with van der Waals surface area (Å²) in [4.78, 5) is 14.8. The van der Waals surface area contributed by atoms with Crippen LogP contribution in [0.4, 0.5) is 17.8 Å². The number of aromatic nitrogens is 3. The van der Waals surface area contributed by atoms with Crippen LogP contribution in [0.5, 0.6) is 0 Å². The molecule has 106 valence electrons. The Hall–Kier alpha value is -1.63. The molecule has 0 amide bonds. The third-order valence-electron chi connectivity index (χ3n) is 2.87. The molecule has 2 rings (SSSR count). The maximum Gasteiger partial charge on any atom is 0.231 e. The quantitative estimate of drug-likeness (QED) is 0.739. The van der Waals surface area contributed by atoms with Crippen LogP contribution in [-0.4, -0.2) is 47.3 Å². The van der Waals surface area contributed by atoms with Crippen molar-refractivity contribution in [3.05, 3.63) is 0 Å². The minimum Gasteiger partial charge on any atom is -0.377 e. The lowest BCUT2D eigenvalue weighted by molar-refractivity contribution is 0.0870. The molecule has 1 aromatic heterocycles. The van der Waals surface area contributed by atoms with Crippen LogP contribution in [0.2, 0.25) is 0 Å². The number of hydrogen-bond donors (Lipinski definition) is 2. The zero-order chi connectivity index (χ0) is 13.7. The fraction of sp³-hybridized carbons (Fsp3) is 0.750. The van der Waals surface area contributed by atoms with Gasteiger partial charge in [0.05, 0.1) is 12.7 Å². The zero-order valence-electron chi connectivity index (χ0n) is 11.6. The summed E-state index contributed by atoms with van der Waals surface area (Å²) >= 11 is 0. The molecule has 2 heterocycles. The van der Waals surface area contributed by atoms with Crippen molar-refractivity contribution in [3.8, 4) is 0 Å². The molecule has 19 heavy (non-hydrogen) atoms. The molecule has 0 spiro atoms. The van der Waals surface area contributed by atoms with E-state index in [-0.39, 0.29) is 12.1 Å². The lowest BCUT2D eigenvalue weighted by Gasteiger charge is -2.16. The van der Waals surface area contributed by atoms with Gasteiger partial charge in [-0.05, 0) is 26.7 Å². The molecule has 7 heteroatoms. The largest absolute Gasteiger partial charge is 0.377 e. The highest BCUT2D eigenvalue weighted by Crippen LogP contribution is 2.17. The number of rotatable bonds is 6. The summed E-state index contributed by atoms with van der Waals surface area (Å²) in [6.45, 7) is 7.25. The number of nitrogens with zero attached hydrogens (tertiary/aromatic N) is 4. The van der Waals surface area contributed by atoms with Crippen molar-refractivity contribution in [2.75, 3.05) is 42.2 Å². The molecule has 7 nitrogen and oxygen atoms in total. The van der Waals surface area contributed by atoms with Crippen molar-refractivity contribution in [2.24, 2.45) is 0 Å². The van der Waals surface area contributed by atoms with Gasteiger partial charge in [-0.25, -0.2) is 0 Å². The fourth-order valence-corrected chi connectivity index (χ4v) is 1.98. The molecule has 1 aliphatic heterocycles. The van der Waals surface area contributed by atoms with Crippen LogP contribution < -0.4 is 16.0 Å². The lowest BCUT2D eigenvalue weighted by atomic mass is 10.4. The highest BCUT2D eigenvalue weighted by atomic mass is 16.5. The monoisotopic (exact) mass is 266 g/mol. The SMILES string of the molecule is CC(C)OCCNc1nc(N)nc(N2CCCC2)n1. The number of nitrogens with one attached hydrogen (secondary N) is 1. The van der Waals surface area contributed by atoms with Gasteiger partial charge in [-0.15, -0.1) is 0 Å². The average Bonchev–Trinajstić information content (AvgIpc) is 2.87. The summed E-state index contributed by atoms with van der Waals surface area (Å²) in [7, 11) is 0. The van der Waals surface area contributed by atoms with E-state index in [1.165, 1.54) is 12.8 Å². The third-order valence-corrected chi connectivity index (χ3v) is 2.87. The molecule has 0 saturated carbocycles. The molecule has 0 bridgehead atoms. The van der Waals surface area contributed by atoms with E-state index in [4.69, 9.17) is 10.5 Å². The zero-order valence-corrected chi connectivity index (χ0v) is 11.6. The molecule has 0 aliphatic carbocycles. The average molecular weight is 266 g/mol. The van der Waals surface area contributed by atoms with Crippen LogP contribution in [0.3, 0.4) is 0 Å². The van der Waals surface area contributed by atoms with Crippen LogP contribution in [0, 0.1) is 0 Å². The molecule has 1 aromatic rings. The van der Waals surface area contributed by atoms with Crippen LogP contribution in [0.15, 0.2) is 0 Å². The third kappa shape index (κ3) is 4.20. The lowest BCUT2D eigenvalue weighted by Crippen LogP contribution is -2.23. The van der Waals surface area contributed by atoms with Gasteiger partial charge in [0.1, 0.15) is 0 Å². The highest BCUT2D eigenvalue weighted by molar-refractivity contribution is 5.42. The van der Waals surface area contributed by atoms with Crippen molar-refractivity contribution in [1.29, 1.82) is 0 Å². The Morgan fingerprint density at radius 2 is 2.00 bits per heavy atom. The van der Waals surface area contributed by atoms with Gasteiger partial charge in [-0.2, -0.15) is 15.0 Å². The minimum absolute atomic E-state index is 0.227. The number of anilines is 3. The minimum atomic E-state index is 0.227. The smallest absolute Gasteiger partial charge is 0.231 e. The van der Waals surface area contributed by atoms with Crippen LogP contribution in [0.1, 0.15) is 26.7 Å². The van der Waals surface area contributed by atoms with E-state index < -0.39 is 0 Å². The normalized spacial score (nSPS) is 15.2. The van der Waals surface area contributed by atoms with E-state index in [9.17, 15) is 0 Å². The second-order valence-corrected chi connectivity index (χ2v) is 4.86. The number of nitrogens with two attached hydrogens (primary N) is 1. The fourth-order valence-electron chi connectivity index (χ4n) is 1.98. The van der Waals surface area contributed by atoms with E-state index >= 15 is 0 Å². The molecular weight excluding hydrogens is 244 g/mol. The molecular formula is C12H22N6O. The molecule has 0 aromatic carbocycles. The Bertz CT molecular complexity index is 405. The topological polar surface area (TPSA) is 89.2 Å². The highest BCUT2D eigenvalue weighted by Gasteiger charge is 2.16. The Morgan fingerprint density at radius 1 is 1.26 bits per heavy atom. The maximum atomic E-state index is 5.72. The van der Waals surface area contributed by atoms with Crippen molar-refractivity contribution in [2.45, 2.75) is 32.8 Å². The molecule has 0 radical (unpaired) electrons. The second kappa shape index (κ2) is 6.51. The van der Waals surface area contributed by atoms with Gasteiger partial charge in [-0.3, -0.25) is 0 Å². The summed E-state index contributed by atoms with van der Waals surface area (Å²) in [5.41, 5.74) is 5.72. The van der Waals surface area contributed by atoms with Gasteiger partial charge in [0.25, 0.3) is 0 Å². The van der Waals surface area contributed by atoms with Crippen molar-refractivity contribution in [1.82, 2.24) is 15.0 Å². The van der Waals surface area contributed by atoms with E-state index in [0.29, 0.717) is 25.0 Å². The van der Waals surface area contributed by atoms with Crippen LogP contribution in [0.25, 0.3) is 0 Å². The number of hydrogen-bond acceptors (Lipinski definition) is 7. The summed E-state index contributed by atoms with van der Waals surface area (Å²) in [6, 6.07) is 0. The van der Waals surface area contributed by atoms with E-state index in [2.05, 4.69) is 25.2 Å². The first-order valence-electron chi connectivity index (χ1n) is 6.77. The van der Waals surface area contributed by atoms with Gasteiger partial charge in [0.2, 0.25) is 17.8 Å². The Balaban J connectivity index is 1.92. The predicted molar refractivity (Wildman–Crippen MR) is 75.3 cm³/mol. The first-order valence-corrected chi connectivity index (χ1v) is 6.77. The molecule has 1 aliphatic rings. The summed E-state index contributed by atoms with van der Waals surface area (Å²) < 4.78 is 5.45. The Kier molecular flexibility index (Phi) is 4.73. The van der Waals surface area contributed by atoms with E-state index in [0.717, 1.165) is 13.1 Å². The number of ether oxygens (including phenoxy) is 1. The van der Waals surface area contributed by atoms with E-state index in [1.807, 2.05) is 13.8 Å². The Morgan fingerprint density at radius 3 is 2.68 bits per heavy atom. The molecule has 0 unspecified atom stereocenters. The van der Waals surface area contributed by atoms with Crippen molar-refractivity contribution >= 4 is 17.8 Å². The Labute approximate surface area is 113 Å². The standard InChI is InChI=1S/C12H22N6O/c1-9(2)19-8-5-14-11-15-10(13)16-12(17-11)18-6-3-4-7-18/h9H,3-8H2,1-2H3,(H3,13,14,15,16,17). The van der Waals surface area contributed by atoms with Crippen LogP contribution in [-0.2, 0) is 4.74 Å². The van der Waals surface area contributed by atoms with Gasteiger partial charge in [-0.1, -0.05) is 0 Å². The van der Waals surface area contributed by atoms with Gasteiger partial charge in [0.15, 0.2) is 0 Å². The molecule has 3 N–H and O–H groups in total. The summed E-state index contributed by atoms with van der Waals surface area (Å²) in [5.74, 6) is 1.43. The maximum absolute atomic E-state index is 5.72. The van der Waals surface area contributed by atoms with Crippen LogP contribution >= 0.6 is 0 Å². The second-order valence-electron chi connectivity index (χ2n) is 4.86. The first-order chi connectivity index (χ1) is 9.15. The van der Waals surface area contributed by atoms with E-state index in [1.54, 1.807) is 0 Å². The predicted octanol–water partition coefficient (Wildman–Crippen LogP) is 0.891. The van der Waals surface area contributed by atoms with Crippen molar-refractivity contribution < 1.29 is 4.74 Å². The van der Waals surface area contributed by atoms with Gasteiger partial charge < -0.3 is 20.7 Å². The summed E-state index contributed by atoms with van der Waals surface area (Å²) in [5, 5.41) is 3.11.